The summed E-state index contributed by atoms with van der Waals surface area (Å²) in [4.78, 5) is 19.1. The van der Waals surface area contributed by atoms with Gasteiger partial charge in [-0.05, 0) is 66.7 Å². The normalized spacial score (nSPS) is 10.8. The smallest absolute Gasteiger partial charge is 0.248 e. The number of imidazole rings is 1. The van der Waals surface area contributed by atoms with E-state index >= 15 is 0 Å². The predicted octanol–water partition coefficient (Wildman–Crippen LogP) is 4.88. The number of benzene rings is 3. The van der Waals surface area contributed by atoms with Crippen molar-refractivity contribution in [3.8, 4) is 22.9 Å². The number of H-pyrrole nitrogens is 1. The number of hydrogen-bond donors (Lipinski definition) is 2. The van der Waals surface area contributed by atoms with Gasteiger partial charge in [0.15, 0.2) is 0 Å². The van der Waals surface area contributed by atoms with E-state index in [0.717, 1.165) is 32.9 Å². The Balaban J connectivity index is 1.59. The summed E-state index contributed by atoms with van der Waals surface area (Å²) in [7, 11) is 0. The summed E-state index contributed by atoms with van der Waals surface area (Å²) in [5.74, 6) is 1.76. The van der Waals surface area contributed by atoms with Crippen LogP contribution >= 0.6 is 15.9 Å². The van der Waals surface area contributed by atoms with Crippen LogP contribution in [0.25, 0.3) is 22.4 Å². The number of carbonyl (C=O) groups excluding carboxylic acids is 1. The fraction of sp³-hybridized carbons (Fsp3) is 0. The summed E-state index contributed by atoms with van der Waals surface area (Å²) in [6, 6.07) is 20.5. The second-order valence-electron chi connectivity index (χ2n) is 5.76. The maximum absolute atomic E-state index is 11.3. The first-order chi connectivity index (χ1) is 12.6. The fourth-order valence-corrected chi connectivity index (χ4v) is 2.88. The highest BCUT2D eigenvalue weighted by Crippen LogP contribution is 2.27. The topological polar surface area (TPSA) is 81.0 Å². The van der Waals surface area contributed by atoms with E-state index in [0.29, 0.717) is 11.1 Å². The minimum absolute atomic E-state index is 0.439. The Hall–Kier alpha value is -3.12. The molecule has 1 heterocycles. The SMILES string of the molecule is NC(=O)c1ccc2[nH]c(-c3ccc(Oc4ccc(Br)cc4)cc3)nc2c1. The second-order valence-corrected chi connectivity index (χ2v) is 6.68. The highest BCUT2D eigenvalue weighted by molar-refractivity contribution is 9.10. The number of primary amides is 1. The number of aromatic nitrogens is 2. The molecule has 0 unspecified atom stereocenters. The minimum Gasteiger partial charge on any atom is -0.457 e. The van der Waals surface area contributed by atoms with E-state index in [9.17, 15) is 4.79 Å². The zero-order valence-corrected chi connectivity index (χ0v) is 15.2. The number of aromatic amines is 1. The van der Waals surface area contributed by atoms with Crippen LogP contribution in [0.3, 0.4) is 0 Å². The highest BCUT2D eigenvalue weighted by Gasteiger charge is 2.08. The van der Waals surface area contributed by atoms with Crippen molar-refractivity contribution in [3.63, 3.8) is 0 Å². The van der Waals surface area contributed by atoms with Crippen molar-refractivity contribution >= 4 is 32.9 Å². The monoisotopic (exact) mass is 407 g/mol. The molecule has 0 aliphatic rings. The molecule has 0 aliphatic heterocycles. The van der Waals surface area contributed by atoms with Crippen LogP contribution in [0.2, 0.25) is 0 Å². The van der Waals surface area contributed by atoms with Gasteiger partial charge in [0.25, 0.3) is 0 Å². The Morgan fingerprint density at radius 3 is 2.27 bits per heavy atom. The van der Waals surface area contributed by atoms with Crippen LogP contribution in [0, 0.1) is 0 Å². The van der Waals surface area contributed by atoms with Gasteiger partial charge in [0.05, 0.1) is 11.0 Å². The number of nitrogens with one attached hydrogen (secondary N) is 1. The Bertz CT molecular complexity index is 1090. The summed E-state index contributed by atoms with van der Waals surface area (Å²) in [6.45, 7) is 0. The molecule has 26 heavy (non-hydrogen) atoms. The van der Waals surface area contributed by atoms with E-state index in [4.69, 9.17) is 10.5 Å². The van der Waals surface area contributed by atoms with Gasteiger partial charge in [-0.3, -0.25) is 4.79 Å². The molecule has 0 saturated carbocycles. The van der Waals surface area contributed by atoms with E-state index < -0.39 is 5.91 Å². The lowest BCUT2D eigenvalue weighted by atomic mass is 10.2. The van der Waals surface area contributed by atoms with Crippen LogP contribution in [-0.2, 0) is 0 Å². The van der Waals surface area contributed by atoms with Gasteiger partial charge in [-0.25, -0.2) is 4.98 Å². The first kappa shape index (κ1) is 16.4. The van der Waals surface area contributed by atoms with Gasteiger partial charge in [-0.1, -0.05) is 15.9 Å². The van der Waals surface area contributed by atoms with E-state index in [1.807, 2.05) is 48.5 Å². The van der Waals surface area contributed by atoms with Crippen molar-refractivity contribution in [2.75, 3.05) is 0 Å². The molecular weight excluding hydrogens is 394 g/mol. The number of rotatable bonds is 4. The summed E-state index contributed by atoms with van der Waals surface area (Å²) in [6.07, 6.45) is 0. The van der Waals surface area contributed by atoms with Crippen LogP contribution in [-0.4, -0.2) is 15.9 Å². The zero-order chi connectivity index (χ0) is 18.1. The molecule has 0 aliphatic carbocycles. The molecule has 6 heteroatoms. The molecule has 1 amide bonds. The van der Waals surface area contributed by atoms with Gasteiger partial charge >= 0.3 is 0 Å². The number of hydrogen-bond acceptors (Lipinski definition) is 3. The lowest BCUT2D eigenvalue weighted by Crippen LogP contribution is -2.10. The Labute approximate surface area is 158 Å². The maximum Gasteiger partial charge on any atom is 0.248 e. The minimum atomic E-state index is -0.467. The molecule has 0 bridgehead atoms. The number of ether oxygens (including phenoxy) is 1. The van der Waals surface area contributed by atoms with Gasteiger partial charge < -0.3 is 15.5 Å². The molecule has 0 spiro atoms. The average Bonchev–Trinajstić information content (AvgIpc) is 3.07. The third-order valence-electron chi connectivity index (χ3n) is 3.94. The standard InChI is InChI=1S/C20H14BrN3O2/c21-14-4-8-16(9-5-14)26-15-6-1-12(2-7-15)20-23-17-10-3-13(19(22)25)11-18(17)24-20/h1-11H,(H2,22,25)(H,23,24). The summed E-state index contributed by atoms with van der Waals surface area (Å²) < 4.78 is 6.83. The van der Waals surface area contributed by atoms with Crippen molar-refractivity contribution in [1.82, 2.24) is 9.97 Å². The molecule has 3 N–H and O–H groups in total. The van der Waals surface area contributed by atoms with Crippen molar-refractivity contribution in [3.05, 3.63) is 76.8 Å². The number of nitrogens with two attached hydrogens (primary N) is 1. The molecular formula is C20H14BrN3O2. The quantitative estimate of drug-likeness (QED) is 0.505. The Morgan fingerprint density at radius 1 is 0.962 bits per heavy atom. The van der Waals surface area contributed by atoms with Gasteiger partial charge in [-0.2, -0.15) is 0 Å². The van der Waals surface area contributed by atoms with Crippen molar-refractivity contribution in [2.45, 2.75) is 0 Å². The van der Waals surface area contributed by atoms with Crippen molar-refractivity contribution in [1.29, 1.82) is 0 Å². The van der Waals surface area contributed by atoms with Crippen LogP contribution in [0.1, 0.15) is 10.4 Å². The molecule has 4 aromatic rings. The first-order valence-electron chi connectivity index (χ1n) is 7.92. The molecule has 128 valence electrons. The van der Waals surface area contributed by atoms with E-state index in [2.05, 4.69) is 25.9 Å². The Morgan fingerprint density at radius 2 is 1.62 bits per heavy atom. The average molecular weight is 408 g/mol. The molecule has 0 fully saturated rings. The molecule has 5 nitrogen and oxygen atoms in total. The number of amides is 1. The van der Waals surface area contributed by atoms with Gasteiger partial charge in [0.2, 0.25) is 5.91 Å². The van der Waals surface area contributed by atoms with Crippen LogP contribution in [0.5, 0.6) is 11.5 Å². The van der Waals surface area contributed by atoms with E-state index in [1.165, 1.54) is 0 Å². The predicted molar refractivity (Wildman–Crippen MR) is 104 cm³/mol. The van der Waals surface area contributed by atoms with Crippen LogP contribution < -0.4 is 10.5 Å². The van der Waals surface area contributed by atoms with Crippen LogP contribution in [0.15, 0.2) is 71.2 Å². The highest BCUT2D eigenvalue weighted by atomic mass is 79.9. The van der Waals surface area contributed by atoms with Gasteiger partial charge in [0, 0.05) is 15.6 Å². The summed E-state index contributed by atoms with van der Waals surface area (Å²) in [5.41, 5.74) is 8.23. The summed E-state index contributed by atoms with van der Waals surface area (Å²) >= 11 is 3.40. The van der Waals surface area contributed by atoms with Gasteiger partial charge in [0.1, 0.15) is 17.3 Å². The molecule has 0 radical (unpaired) electrons. The molecule has 0 saturated heterocycles. The number of fused-ring (bicyclic) bond motifs is 1. The maximum atomic E-state index is 11.3. The first-order valence-corrected chi connectivity index (χ1v) is 8.71. The third-order valence-corrected chi connectivity index (χ3v) is 4.47. The fourth-order valence-electron chi connectivity index (χ4n) is 2.62. The number of nitrogens with zero attached hydrogens (tertiary/aromatic N) is 1. The van der Waals surface area contributed by atoms with Gasteiger partial charge in [-0.15, -0.1) is 0 Å². The van der Waals surface area contributed by atoms with Crippen molar-refractivity contribution < 1.29 is 9.53 Å². The number of halogens is 1. The van der Waals surface area contributed by atoms with Crippen molar-refractivity contribution in [2.24, 2.45) is 5.73 Å². The lowest BCUT2D eigenvalue weighted by molar-refractivity contribution is 0.100. The zero-order valence-electron chi connectivity index (χ0n) is 13.6. The van der Waals surface area contributed by atoms with E-state index in [-0.39, 0.29) is 0 Å². The number of carbonyl (C=O) groups is 1. The largest absolute Gasteiger partial charge is 0.457 e. The summed E-state index contributed by atoms with van der Waals surface area (Å²) in [5, 5.41) is 0. The third kappa shape index (κ3) is 3.32. The van der Waals surface area contributed by atoms with Crippen LogP contribution in [0.4, 0.5) is 0 Å². The van der Waals surface area contributed by atoms with E-state index in [1.54, 1.807) is 18.2 Å². The molecule has 3 aromatic carbocycles. The Kier molecular flexibility index (Phi) is 4.18. The second kappa shape index (κ2) is 6.65. The lowest BCUT2D eigenvalue weighted by Gasteiger charge is -2.06. The molecule has 4 rings (SSSR count). The molecule has 0 atom stereocenters. The molecule has 1 aromatic heterocycles.